The highest BCUT2D eigenvalue weighted by molar-refractivity contribution is 7.82. The Morgan fingerprint density at radius 1 is 0.707 bits per heavy atom. The lowest BCUT2D eigenvalue weighted by Gasteiger charge is -2.38. The molecule has 1 aromatic carbocycles. The zero-order valence-electron chi connectivity index (χ0n) is 24.6. The predicted octanol–water partition coefficient (Wildman–Crippen LogP) is 4.77. The molecule has 0 aromatic heterocycles. The van der Waals surface area contributed by atoms with Crippen molar-refractivity contribution in [2.45, 2.75) is 140 Å². The van der Waals surface area contributed by atoms with Gasteiger partial charge in [0, 0.05) is 0 Å². The largest absolute Gasteiger partial charge is 0.490 e. The number of rotatable bonds is 23. The maximum atomic E-state index is 12.5. The molecule has 1 aliphatic rings. The van der Waals surface area contributed by atoms with E-state index in [9.17, 15) is 28.8 Å². The van der Waals surface area contributed by atoms with Crippen LogP contribution in [0.25, 0.3) is 0 Å². The second-order valence-electron chi connectivity index (χ2n) is 10.9. The number of hydrogen-bond acceptors (Lipinski definition) is 10. The molecule has 11 heteroatoms. The fourth-order valence-electron chi connectivity index (χ4n) is 4.86. The van der Waals surface area contributed by atoms with Crippen LogP contribution >= 0.6 is 0 Å². The lowest BCUT2D eigenvalue weighted by Crippen LogP contribution is -2.59. The highest BCUT2D eigenvalue weighted by Crippen LogP contribution is 2.30. The average Bonchev–Trinajstić information content (AvgIpc) is 2.95. The molecule has 0 aliphatic carbocycles. The predicted molar refractivity (Wildman–Crippen MR) is 156 cm³/mol. The van der Waals surface area contributed by atoms with E-state index in [0.29, 0.717) is 6.61 Å². The smallest absolute Gasteiger partial charge is 0.451 e. The van der Waals surface area contributed by atoms with E-state index in [2.05, 4.69) is 6.92 Å². The maximum absolute atomic E-state index is 12.5. The van der Waals surface area contributed by atoms with Crippen LogP contribution in [0.5, 0.6) is 11.5 Å². The first-order valence-corrected chi connectivity index (χ1v) is 16.8. The molecule has 5 atom stereocenters. The zero-order chi connectivity index (χ0) is 29.9. The summed E-state index contributed by atoms with van der Waals surface area (Å²) in [5.74, 6) is 0.114. The van der Waals surface area contributed by atoms with E-state index in [1.807, 2.05) is 0 Å². The number of benzene rings is 1. The number of aliphatic hydroxyl groups is 4. The maximum Gasteiger partial charge on any atom is 0.451 e. The Hall–Kier alpha value is -1.47. The third kappa shape index (κ3) is 14.0. The zero-order valence-corrected chi connectivity index (χ0v) is 25.4. The van der Waals surface area contributed by atoms with Crippen molar-refractivity contribution in [3.05, 3.63) is 24.3 Å². The van der Waals surface area contributed by atoms with E-state index < -0.39 is 47.7 Å². The lowest BCUT2D eigenvalue weighted by molar-refractivity contribution is -0.277. The van der Waals surface area contributed by atoms with Gasteiger partial charge in [0.15, 0.2) is 11.5 Å². The fraction of sp³-hybridized carbons (Fsp3) is 0.800. The van der Waals surface area contributed by atoms with Gasteiger partial charge in [-0.05, 0) is 18.6 Å². The second-order valence-corrected chi connectivity index (χ2v) is 12.1. The molecule has 1 fully saturated rings. The molecule has 1 aliphatic heterocycles. The van der Waals surface area contributed by atoms with E-state index in [4.69, 9.17) is 17.8 Å². The molecule has 0 radical (unpaired) electrons. The molecule has 1 heterocycles. The molecular weight excluding hydrogens is 552 g/mol. The third-order valence-electron chi connectivity index (χ3n) is 7.36. The van der Waals surface area contributed by atoms with Crippen molar-refractivity contribution in [3.8, 4) is 11.5 Å². The van der Waals surface area contributed by atoms with Crippen LogP contribution in [0.15, 0.2) is 24.3 Å². The van der Waals surface area contributed by atoms with Gasteiger partial charge in [-0.25, -0.2) is 4.18 Å². The molecule has 0 unspecified atom stereocenters. The van der Waals surface area contributed by atoms with Gasteiger partial charge in [-0.1, -0.05) is 115 Å². The first-order chi connectivity index (χ1) is 19.8. The summed E-state index contributed by atoms with van der Waals surface area (Å²) in [6.45, 7) is 1.93. The molecule has 238 valence electrons. The SMILES string of the molecule is CCCCCCCCCCCCCCCCCCOc1ccccc1OS(=O)(=O)O[C@@H]1O[C@H](CO)[C@@H](O)[C@H](O)[C@@H]1O. The van der Waals surface area contributed by atoms with Crippen LogP contribution in [0, 0.1) is 0 Å². The van der Waals surface area contributed by atoms with Crippen LogP contribution in [0.2, 0.25) is 0 Å². The number of ether oxygens (including phenoxy) is 2. The van der Waals surface area contributed by atoms with Crippen LogP contribution in [-0.4, -0.2) is 72.8 Å². The van der Waals surface area contributed by atoms with Crippen LogP contribution in [-0.2, 0) is 19.3 Å². The van der Waals surface area contributed by atoms with E-state index >= 15 is 0 Å². The molecule has 0 bridgehead atoms. The molecule has 0 saturated carbocycles. The summed E-state index contributed by atoms with van der Waals surface area (Å²) >= 11 is 0. The summed E-state index contributed by atoms with van der Waals surface area (Å²) in [5, 5.41) is 39.0. The van der Waals surface area contributed by atoms with Gasteiger partial charge in [-0.15, -0.1) is 0 Å². The van der Waals surface area contributed by atoms with Gasteiger partial charge < -0.3 is 34.1 Å². The van der Waals surface area contributed by atoms with Crippen LogP contribution in [0.1, 0.15) is 110 Å². The van der Waals surface area contributed by atoms with Crippen molar-refractivity contribution in [1.82, 2.24) is 0 Å². The number of hydrogen-bond donors (Lipinski definition) is 4. The summed E-state index contributed by atoms with van der Waals surface area (Å²) in [4.78, 5) is 0. The van der Waals surface area contributed by atoms with Crippen LogP contribution in [0.4, 0.5) is 0 Å². The van der Waals surface area contributed by atoms with Gasteiger partial charge in [0.25, 0.3) is 0 Å². The van der Waals surface area contributed by atoms with Gasteiger partial charge in [0.1, 0.15) is 24.4 Å². The van der Waals surface area contributed by atoms with Crippen molar-refractivity contribution in [3.63, 3.8) is 0 Å². The monoisotopic (exact) mass is 604 g/mol. The van der Waals surface area contributed by atoms with Crippen molar-refractivity contribution in [2.24, 2.45) is 0 Å². The highest BCUT2D eigenvalue weighted by Gasteiger charge is 2.46. The van der Waals surface area contributed by atoms with Crippen molar-refractivity contribution in [1.29, 1.82) is 0 Å². The minimum absolute atomic E-state index is 0.103. The minimum atomic E-state index is -4.76. The summed E-state index contributed by atoms with van der Waals surface area (Å²) in [5.41, 5.74) is 0. The Bertz CT molecular complexity index is 910. The first kappa shape index (κ1) is 35.7. The quantitative estimate of drug-likeness (QED) is 0.129. The van der Waals surface area contributed by atoms with Gasteiger partial charge in [0.2, 0.25) is 6.29 Å². The topological polar surface area (TPSA) is 152 Å². The Morgan fingerprint density at radius 2 is 1.20 bits per heavy atom. The van der Waals surface area contributed by atoms with Gasteiger partial charge in [-0.3, -0.25) is 0 Å². The summed E-state index contributed by atoms with van der Waals surface area (Å²) < 4.78 is 45.6. The van der Waals surface area contributed by atoms with E-state index in [0.717, 1.165) is 19.3 Å². The number of unbranched alkanes of at least 4 members (excludes halogenated alkanes) is 15. The molecule has 1 saturated heterocycles. The molecule has 2 rings (SSSR count). The Balaban J connectivity index is 1.59. The van der Waals surface area contributed by atoms with Gasteiger partial charge in [-0.2, -0.15) is 8.42 Å². The van der Waals surface area contributed by atoms with Crippen molar-refractivity contribution in [2.75, 3.05) is 13.2 Å². The fourth-order valence-corrected chi connectivity index (χ4v) is 5.65. The molecule has 4 N–H and O–H groups in total. The average molecular weight is 605 g/mol. The molecule has 10 nitrogen and oxygen atoms in total. The summed E-state index contributed by atoms with van der Waals surface area (Å²) in [6.07, 6.45) is 11.8. The van der Waals surface area contributed by atoms with Gasteiger partial charge in [0.05, 0.1) is 13.2 Å². The molecule has 0 amide bonds. The standard InChI is InChI=1S/C30H52O10S/c1-2-3-4-5-6-7-8-9-10-11-12-13-14-15-16-19-22-37-24-20-17-18-21-25(24)39-41(35,36)40-30-29(34)28(33)27(32)26(23-31)38-30/h17-18,20-21,26-34H,2-16,19,22-23H2,1H3/t26-,27-,28+,29+,30+/m1/s1. The second kappa shape index (κ2) is 20.4. The van der Waals surface area contributed by atoms with E-state index in [-0.39, 0.29) is 11.5 Å². The number of para-hydroxylation sites is 2. The lowest BCUT2D eigenvalue weighted by atomic mass is 10.00. The Labute approximate surface area is 246 Å². The first-order valence-electron chi connectivity index (χ1n) is 15.4. The van der Waals surface area contributed by atoms with Gasteiger partial charge >= 0.3 is 10.4 Å². The molecule has 0 spiro atoms. The van der Waals surface area contributed by atoms with E-state index in [1.165, 1.54) is 89.5 Å². The van der Waals surface area contributed by atoms with E-state index in [1.54, 1.807) is 18.2 Å². The van der Waals surface area contributed by atoms with Crippen molar-refractivity contribution >= 4 is 10.4 Å². The summed E-state index contributed by atoms with van der Waals surface area (Å²) in [6, 6.07) is 6.23. The summed E-state index contributed by atoms with van der Waals surface area (Å²) in [7, 11) is -4.76. The molecular formula is C30H52O10S. The molecule has 41 heavy (non-hydrogen) atoms. The van der Waals surface area contributed by atoms with Crippen LogP contribution in [0.3, 0.4) is 0 Å². The number of aliphatic hydroxyl groups excluding tert-OH is 4. The normalized spacial score (nSPS) is 23.0. The van der Waals surface area contributed by atoms with Crippen molar-refractivity contribution < 1.29 is 46.7 Å². The minimum Gasteiger partial charge on any atom is -0.490 e. The Kier molecular flexibility index (Phi) is 17.8. The highest BCUT2D eigenvalue weighted by atomic mass is 32.3. The molecule has 1 aromatic rings. The third-order valence-corrected chi connectivity index (χ3v) is 8.17. The Morgan fingerprint density at radius 3 is 1.71 bits per heavy atom. The van der Waals surface area contributed by atoms with Crippen LogP contribution < -0.4 is 8.92 Å².